The second-order valence-corrected chi connectivity index (χ2v) is 5.24. The number of hydrogen-bond donors (Lipinski definition) is 1. The van der Waals surface area contributed by atoms with Gasteiger partial charge in [0.05, 0.1) is 5.02 Å². The van der Waals surface area contributed by atoms with E-state index < -0.39 is 0 Å². The molecule has 0 spiro atoms. The normalized spacial score (nSPS) is 10.3. The number of thiocarbonyl (C=S) groups is 1. The number of benzene rings is 2. The second kappa shape index (κ2) is 6.20. The fourth-order valence-corrected chi connectivity index (χ4v) is 2.26. The van der Waals surface area contributed by atoms with E-state index >= 15 is 0 Å². The maximum atomic E-state index is 13.2. The summed E-state index contributed by atoms with van der Waals surface area (Å²) >= 11 is 11.0. The summed E-state index contributed by atoms with van der Waals surface area (Å²) in [6.45, 7) is 2.16. The average molecular weight is 310 g/mol. The molecule has 104 valence electrons. The molecule has 0 amide bonds. The number of ether oxygens (including phenoxy) is 1. The van der Waals surface area contributed by atoms with E-state index in [0.717, 1.165) is 11.1 Å². The molecule has 0 fully saturated rings. The molecule has 0 saturated carbocycles. The quantitative estimate of drug-likeness (QED) is 0.867. The van der Waals surface area contributed by atoms with Crippen molar-refractivity contribution >= 4 is 28.8 Å². The van der Waals surface area contributed by atoms with Gasteiger partial charge in [0.2, 0.25) is 0 Å². The third kappa shape index (κ3) is 3.46. The van der Waals surface area contributed by atoms with E-state index in [1.807, 2.05) is 19.1 Å². The van der Waals surface area contributed by atoms with Crippen LogP contribution in [0.15, 0.2) is 36.4 Å². The monoisotopic (exact) mass is 309 g/mol. The molecule has 0 aromatic heterocycles. The fourth-order valence-electron chi connectivity index (χ4n) is 1.78. The number of nitrogens with two attached hydrogens (primary N) is 1. The van der Waals surface area contributed by atoms with Crippen LogP contribution in [-0.2, 0) is 6.61 Å². The van der Waals surface area contributed by atoms with Crippen molar-refractivity contribution in [2.45, 2.75) is 13.5 Å². The lowest BCUT2D eigenvalue weighted by Crippen LogP contribution is -2.14. The number of hydrogen-bond acceptors (Lipinski definition) is 2. The second-order valence-electron chi connectivity index (χ2n) is 4.39. The Morgan fingerprint density at radius 2 is 2.05 bits per heavy atom. The van der Waals surface area contributed by atoms with Crippen LogP contribution in [0.5, 0.6) is 5.75 Å². The van der Waals surface area contributed by atoms with Crippen molar-refractivity contribution in [3.63, 3.8) is 0 Å². The molecule has 5 heteroatoms. The summed E-state index contributed by atoms with van der Waals surface area (Å²) in [5, 5.41) is 0.531. The predicted molar refractivity (Wildman–Crippen MR) is 82.8 cm³/mol. The Hall–Kier alpha value is -1.65. The van der Waals surface area contributed by atoms with Gasteiger partial charge in [-0.2, -0.15) is 0 Å². The van der Waals surface area contributed by atoms with Gasteiger partial charge in [-0.1, -0.05) is 36.0 Å². The molecular formula is C15H13ClFNOS. The minimum atomic E-state index is -0.384. The lowest BCUT2D eigenvalue weighted by Gasteiger charge is -2.12. The largest absolute Gasteiger partial charge is 0.487 e. The molecule has 2 rings (SSSR count). The fraction of sp³-hybridized carbons (Fsp3) is 0.133. The zero-order chi connectivity index (χ0) is 14.7. The van der Waals surface area contributed by atoms with E-state index in [1.165, 1.54) is 12.1 Å². The van der Waals surface area contributed by atoms with Gasteiger partial charge in [0.25, 0.3) is 0 Å². The van der Waals surface area contributed by atoms with Crippen molar-refractivity contribution in [2.24, 2.45) is 5.73 Å². The molecule has 2 nitrogen and oxygen atoms in total. The van der Waals surface area contributed by atoms with Crippen LogP contribution in [-0.4, -0.2) is 4.99 Å². The molecule has 0 aliphatic rings. The number of aryl methyl sites for hydroxylation is 1. The molecule has 0 unspecified atom stereocenters. The van der Waals surface area contributed by atoms with Gasteiger partial charge in [-0.25, -0.2) is 4.39 Å². The first kappa shape index (κ1) is 14.8. The van der Waals surface area contributed by atoms with Gasteiger partial charge in [0, 0.05) is 5.56 Å². The minimum Gasteiger partial charge on any atom is -0.487 e. The predicted octanol–water partition coefficient (Wildman–Crippen LogP) is 4.00. The average Bonchev–Trinajstić information content (AvgIpc) is 2.38. The highest BCUT2D eigenvalue weighted by molar-refractivity contribution is 7.80. The summed E-state index contributed by atoms with van der Waals surface area (Å²) in [7, 11) is 0. The first-order valence-electron chi connectivity index (χ1n) is 5.94. The van der Waals surface area contributed by atoms with Gasteiger partial charge >= 0.3 is 0 Å². The smallest absolute Gasteiger partial charge is 0.138 e. The third-order valence-electron chi connectivity index (χ3n) is 2.81. The van der Waals surface area contributed by atoms with Crippen LogP contribution in [0.1, 0.15) is 16.7 Å². The van der Waals surface area contributed by atoms with Crippen molar-refractivity contribution < 1.29 is 9.13 Å². The molecule has 2 N–H and O–H groups in total. The van der Waals surface area contributed by atoms with Gasteiger partial charge in [-0.3, -0.25) is 0 Å². The van der Waals surface area contributed by atoms with Crippen molar-refractivity contribution in [1.29, 1.82) is 0 Å². The minimum absolute atomic E-state index is 0.137. The Bertz CT molecular complexity index is 660. The van der Waals surface area contributed by atoms with Crippen LogP contribution in [0.3, 0.4) is 0 Å². The zero-order valence-electron chi connectivity index (χ0n) is 10.8. The van der Waals surface area contributed by atoms with Crippen molar-refractivity contribution in [1.82, 2.24) is 0 Å². The highest BCUT2D eigenvalue weighted by atomic mass is 35.5. The number of halogens is 2. The maximum Gasteiger partial charge on any atom is 0.138 e. The summed E-state index contributed by atoms with van der Waals surface area (Å²) in [5.74, 6) is 0.181. The van der Waals surface area contributed by atoms with Crippen LogP contribution in [0.25, 0.3) is 0 Å². The Balaban J connectivity index is 2.20. The van der Waals surface area contributed by atoms with Crippen LogP contribution < -0.4 is 10.5 Å². The summed E-state index contributed by atoms with van der Waals surface area (Å²) in [6, 6.07) is 9.76. The first-order chi connectivity index (χ1) is 9.47. The van der Waals surface area contributed by atoms with E-state index in [4.69, 9.17) is 34.3 Å². The summed E-state index contributed by atoms with van der Waals surface area (Å²) < 4.78 is 18.8. The van der Waals surface area contributed by atoms with Gasteiger partial charge in [0.15, 0.2) is 0 Å². The molecule has 0 aliphatic carbocycles. The van der Waals surface area contributed by atoms with E-state index in [1.54, 1.807) is 12.1 Å². The molecule has 20 heavy (non-hydrogen) atoms. The van der Waals surface area contributed by atoms with Gasteiger partial charge in [-0.15, -0.1) is 0 Å². The topological polar surface area (TPSA) is 35.2 Å². The molecule has 0 radical (unpaired) electrons. The summed E-state index contributed by atoms with van der Waals surface area (Å²) in [4.78, 5) is 0.137. The Morgan fingerprint density at radius 1 is 1.30 bits per heavy atom. The summed E-state index contributed by atoms with van der Waals surface area (Å²) in [5.41, 5.74) is 7.83. The first-order valence-corrected chi connectivity index (χ1v) is 6.73. The Labute approximate surface area is 127 Å². The van der Waals surface area contributed by atoms with Crippen LogP contribution in [0.4, 0.5) is 4.39 Å². The van der Waals surface area contributed by atoms with E-state index in [0.29, 0.717) is 16.3 Å². The van der Waals surface area contributed by atoms with Gasteiger partial charge < -0.3 is 10.5 Å². The molecule has 0 bridgehead atoms. The highest BCUT2D eigenvalue weighted by Crippen LogP contribution is 2.26. The van der Waals surface area contributed by atoms with Crippen molar-refractivity contribution in [3.8, 4) is 5.75 Å². The van der Waals surface area contributed by atoms with E-state index in [-0.39, 0.29) is 17.4 Å². The van der Waals surface area contributed by atoms with Crippen molar-refractivity contribution in [3.05, 3.63) is 63.9 Å². The van der Waals surface area contributed by atoms with Gasteiger partial charge in [-0.05, 0) is 42.3 Å². The SMILES string of the molecule is Cc1ccc(OCc2ccc(F)cc2C(N)=S)c(Cl)c1. The lowest BCUT2D eigenvalue weighted by atomic mass is 10.1. The van der Waals surface area contributed by atoms with Crippen LogP contribution in [0.2, 0.25) is 5.02 Å². The Kier molecular flexibility index (Phi) is 4.57. The van der Waals surface area contributed by atoms with Crippen LogP contribution in [0, 0.1) is 12.7 Å². The molecule has 2 aromatic carbocycles. The molecule has 0 saturated heterocycles. The van der Waals surface area contributed by atoms with E-state index in [2.05, 4.69) is 0 Å². The standard InChI is InChI=1S/C15H13ClFNOS/c1-9-2-5-14(13(16)6-9)19-8-10-3-4-11(17)7-12(10)15(18)20/h2-7H,8H2,1H3,(H2,18,20). The molecule has 0 atom stereocenters. The van der Waals surface area contributed by atoms with Crippen molar-refractivity contribution in [2.75, 3.05) is 0 Å². The molecular weight excluding hydrogens is 297 g/mol. The van der Waals surface area contributed by atoms with Gasteiger partial charge in [0.1, 0.15) is 23.2 Å². The Morgan fingerprint density at radius 3 is 2.70 bits per heavy atom. The lowest BCUT2D eigenvalue weighted by molar-refractivity contribution is 0.306. The molecule has 0 aliphatic heterocycles. The molecule has 2 aromatic rings. The number of rotatable bonds is 4. The third-order valence-corrected chi connectivity index (χ3v) is 3.32. The highest BCUT2D eigenvalue weighted by Gasteiger charge is 2.09. The van der Waals surface area contributed by atoms with E-state index in [9.17, 15) is 4.39 Å². The summed E-state index contributed by atoms with van der Waals surface area (Å²) in [6.07, 6.45) is 0. The molecule has 0 heterocycles. The zero-order valence-corrected chi connectivity index (χ0v) is 12.4. The maximum absolute atomic E-state index is 13.2. The van der Waals surface area contributed by atoms with Crippen LogP contribution >= 0.6 is 23.8 Å².